The number of benzene rings is 2. The van der Waals surface area contributed by atoms with Gasteiger partial charge >= 0.3 is 0 Å². The highest BCUT2D eigenvalue weighted by Crippen LogP contribution is 2.45. The number of piperidine rings is 1. The van der Waals surface area contributed by atoms with Gasteiger partial charge in [-0.25, -0.2) is 0 Å². The quantitative estimate of drug-likeness (QED) is 0.733. The van der Waals surface area contributed by atoms with Crippen molar-refractivity contribution in [3.8, 4) is 11.5 Å². The van der Waals surface area contributed by atoms with Crippen LogP contribution in [0.4, 0.5) is 0 Å². The normalized spacial score (nSPS) is 29.9. The summed E-state index contributed by atoms with van der Waals surface area (Å²) < 4.78 is 5.37. The van der Waals surface area contributed by atoms with E-state index in [0.29, 0.717) is 5.75 Å². The molecule has 0 aromatic heterocycles. The number of quaternary nitrogens is 1. The lowest BCUT2D eigenvalue weighted by atomic mass is 9.66. The summed E-state index contributed by atoms with van der Waals surface area (Å²) in [7, 11) is 1.58. The van der Waals surface area contributed by atoms with Crippen LogP contribution in [-0.4, -0.2) is 29.5 Å². The van der Waals surface area contributed by atoms with Crippen molar-refractivity contribution in [2.45, 2.75) is 50.3 Å². The molecule has 150 valence electrons. The fourth-order valence-corrected chi connectivity index (χ4v) is 5.40. The SMILES string of the molecule is COc1cc([C@H]2[C@H]3CCCC[C@]3(O)CC[NH+]2Cc2ccc(Cl)cc2)ccc1O. The van der Waals surface area contributed by atoms with E-state index in [4.69, 9.17) is 16.3 Å². The molecule has 28 heavy (non-hydrogen) atoms. The van der Waals surface area contributed by atoms with Crippen LogP contribution in [0.5, 0.6) is 11.5 Å². The number of likely N-dealkylation sites (tertiary alicyclic amines) is 1. The predicted octanol–water partition coefficient (Wildman–Crippen LogP) is 3.51. The molecular formula is C23H29ClNO3+. The number of hydrogen-bond donors (Lipinski definition) is 3. The van der Waals surface area contributed by atoms with E-state index < -0.39 is 5.60 Å². The Balaban J connectivity index is 1.70. The average molecular weight is 403 g/mol. The summed E-state index contributed by atoms with van der Waals surface area (Å²) in [6.45, 7) is 1.81. The van der Waals surface area contributed by atoms with Gasteiger partial charge in [-0.3, -0.25) is 0 Å². The molecule has 1 saturated heterocycles. The van der Waals surface area contributed by atoms with Gasteiger partial charge in [0.15, 0.2) is 11.5 Å². The van der Waals surface area contributed by atoms with Crippen molar-refractivity contribution in [2.75, 3.05) is 13.7 Å². The highest BCUT2D eigenvalue weighted by molar-refractivity contribution is 6.30. The van der Waals surface area contributed by atoms with Crippen molar-refractivity contribution >= 4 is 11.6 Å². The van der Waals surface area contributed by atoms with Crippen molar-refractivity contribution in [3.05, 3.63) is 58.6 Å². The number of hydrogen-bond acceptors (Lipinski definition) is 3. The van der Waals surface area contributed by atoms with Crippen LogP contribution in [0.2, 0.25) is 5.02 Å². The lowest BCUT2D eigenvalue weighted by molar-refractivity contribution is -0.958. The molecule has 0 amide bonds. The first-order valence-corrected chi connectivity index (χ1v) is 10.6. The van der Waals surface area contributed by atoms with Gasteiger partial charge in [-0.05, 0) is 43.2 Å². The number of fused-ring (bicyclic) bond motifs is 1. The minimum absolute atomic E-state index is 0.153. The molecule has 4 nitrogen and oxygen atoms in total. The number of nitrogens with one attached hydrogen (secondary N) is 1. The molecule has 0 radical (unpaired) electrons. The molecule has 1 saturated carbocycles. The van der Waals surface area contributed by atoms with E-state index >= 15 is 0 Å². The third kappa shape index (κ3) is 3.73. The number of aromatic hydroxyl groups is 1. The first-order chi connectivity index (χ1) is 13.5. The summed E-state index contributed by atoms with van der Waals surface area (Å²) in [6.07, 6.45) is 5.02. The third-order valence-electron chi connectivity index (χ3n) is 6.69. The highest BCUT2D eigenvalue weighted by atomic mass is 35.5. The molecule has 0 bridgehead atoms. The summed E-state index contributed by atoms with van der Waals surface area (Å²) >= 11 is 6.06. The van der Waals surface area contributed by atoms with E-state index in [0.717, 1.165) is 55.8 Å². The number of halogens is 1. The summed E-state index contributed by atoms with van der Waals surface area (Å²) in [6, 6.07) is 13.9. The lowest BCUT2D eigenvalue weighted by Crippen LogP contribution is -3.13. The third-order valence-corrected chi connectivity index (χ3v) is 6.95. The van der Waals surface area contributed by atoms with Gasteiger partial charge in [0.25, 0.3) is 0 Å². The van der Waals surface area contributed by atoms with E-state index in [1.807, 2.05) is 24.3 Å². The molecule has 2 aromatic carbocycles. The van der Waals surface area contributed by atoms with E-state index in [9.17, 15) is 10.2 Å². The van der Waals surface area contributed by atoms with E-state index in [-0.39, 0.29) is 17.7 Å². The Morgan fingerprint density at radius 1 is 1.14 bits per heavy atom. The molecule has 3 N–H and O–H groups in total. The molecule has 0 spiro atoms. The summed E-state index contributed by atoms with van der Waals surface area (Å²) in [5.74, 6) is 0.861. The fourth-order valence-electron chi connectivity index (χ4n) is 5.27. The molecule has 1 heterocycles. The van der Waals surface area contributed by atoms with Crippen LogP contribution in [0.15, 0.2) is 42.5 Å². The van der Waals surface area contributed by atoms with Crippen molar-refractivity contribution in [2.24, 2.45) is 5.92 Å². The molecule has 4 atom stereocenters. The first-order valence-electron chi connectivity index (χ1n) is 10.2. The van der Waals surface area contributed by atoms with Crippen LogP contribution in [-0.2, 0) is 6.54 Å². The van der Waals surface area contributed by atoms with Gasteiger partial charge < -0.3 is 19.8 Å². The highest BCUT2D eigenvalue weighted by Gasteiger charge is 2.51. The van der Waals surface area contributed by atoms with Crippen molar-refractivity contribution < 1.29 is 19.8 Å². The van der Waals surface area contributed by atoms with Crippen LogP contribution in [0.25, 0.3) is 0 Å². The van der Waals surface area contributed by atoms with Gasteiger partial charge in [-0.1, -0.05) is 36.6 Å². The van der Waals surface area contributed by atoms with Gasteiger partial charge in [0.2, 0.25) is 0 Å². The summed E-state index contributed by atoms with van der Waals surface area (Å²) in [4.78, 5) is 1.45. The second-order valence-corrected chi connectivity index (χ2v) is 8.76. The van der Waals surface area contributed by atoms with Crippen molar-refractivity contribution in [3.63, 3.8) is 0 Å². The second-order valence-electron chi connectivity index (χ2n) is 8.33. The fraction of sp³-hybridized carbons (Fsp3) is 0.478. The van der Waals surface area contributed by atoms with Gasteiger partial charge in [0, 0.05) is 28.5 Å². The summed E-state index contributed by atoms with van der Waals surface area (Å²) in [5.41, 5.74) is 1.79. The number of methoxy groups -OCH3 is 1. The van der Waals surface area contributed by atoms with Crippen LogP contribution in [0, 0.1) is 5.92 Å². The second kappa shape index (κ2) is 7.94. The van der Waals surface area contributed by atoms with Gasteiger partial charge in [0.1, 0.15) is 12.6 Å². The first kappa shape index (κ1) is 19.6. The zero-order valence-electron chi connectivity index (χ0n) is 16.3. The Hall–Kier alpha value is -1.75. The van der Waals surface area contributed by atoms with E-state index in [1.165, 1.54) is 10.5 Å². The van der Waals surface area contributed by atoms with Crippen LogP contribution in [0.1, 0.15) is 49.3 Å². The van der Waals surface area contributed by atoms with Crippen molar-refractivity contribution in [1.29, 1.82) is 0 Å². The standard InChI is InChI=1S/C23H28ClNO3/c1-28-21-14-17(7-10-20(21)26)22-19-4-2-3-11-23(19,27)12-13-25(22)15-16-5-8-18(24)9-6-16/h5-10,14,19,22,26-27H,2-4,11-13,15H2,1H3/p+1/t19-,22+,23+/m1/s1. The Morgan fingerprint density at radius 3 is 2.68 bits per heavy atom. The molecule has 2 fully saturated rings. The van der Waals surface area contributed by atoms with E-state index in [1.54, 1.807) is 13.2 Å². The maximum absolute atomic E-state index is 11.4. The molecule has 2 aromatic rings. The minimum atomic E-state index is -0.586. The van der Waals surface area contributed by atoms with Crippen LogP contribution < -0.4 is 9.64 Å². The van der Waals surface area contributed by atoms with Crippen LogP contribution in [0.3, 0.4) is 0 Å². The maximum Gasteiger partial charge on any atom is 0.160 e. The monoisotopic (exact) mass is 402 g/mol. The number of ether oxygens (including phenoxy) is 1. The topological polar surface area (TPSA) is 54.1 Å². The average Bonchev–Trinajstić information content (AvgIpc) is 2.70. The van der Waals surface area contributed by atoms with Gasteiger partial charge in [0.05, 0.1) is 19.3 Å². The number of aliphatic hydroxyl groups is 1. The zero-order valence-corrected chi connectivity index (χ0v) is 17.1. The number of phenolic OH excluding ortho intramolecular Hbond substituents is 1. The van der Waals surface area contributed by atoms with Crippen LogP contribution >= 0.6 is 11.6 Å². The Kier molecular flexibility index (Phi) is 5.55. The molecule has 1 unspecified atom stereocenters. The molecule has 2 aliphatic rings. The van der Waals surface area contributed by atoms with Gasteiger partial charge in [-0.2, -0.15) is 0 Å². The Bertz CT molecular complexity index is 825. The Labute approximate surface area is 171 Å². The van der Waals surface area contributed by atoms with E-state index in [2.05, 4.69) is 12.1 Å². The largest absolute Gasteiger partial charge is 0.504 e. The lowest BCUT2D eigenvalue weighted by Gasteiger charge is -2.50. The molecular weight excluding hydrogens is 374 g/mol. The summed E-state index contributed by atoms with van der Waals surface area (Å²) in [5, 5.41) is 22.2. The smallest absolute Gasteiger partial charge is 0.160 e. The predicted molar refractivity (Wildman–Crippen MR) is 110 cm³/mol. The number of phenols is 1. The zero-order chi connectivity index (χ0) is 19.7. The number of rotatable bonds is 4. The maximum atomic E-state index is 11.4. The molecule has 1 aliphatic heterocycles. The Morgan fingerprint density at radius 2 is 1.93 bits per heavy atom. The molecule has 1 aliphatic carbocycles. The van der Waals surface area contributed by atoms with Crippen molar-refractivity contribution in [1.82, 2.24) is 0 Å². The minimum Gasteiger partial charge on any atom is -0.504 e. The molecule has 5 heteroatoms. The van der Waals surface area contributed by atoms with Gasteiger partial charge in [-0.15, -0.1) is 0 Å². The molecule has 4 rings (SSSR count).